The van der Waals surface area contributed by atoms with Gasteiger partial charge in [-0.3, -0.25) is 0 Å². The molecule has 0 saturated carbocycles. The van der Waals surface area contributed by atoms with Crippen LogP contribution in [0.2, 0.25) is 0 Å². The molecule has 0 heterocycles. The van der Waals surface area contributed by atoms with Gasteiger partial charge in [0.15, 0.2) is 0 Å². The molecular weight excluding hydrogens is 492 g/mol. The van der Waals surface area contributed by atoms with Gasteiger partial charge >= 0.3 is 0 Å². The van der Waals surface area contributed by atoms with E-state index in [-0.39, 0.29) is 11.7 Å². The third-order valence-corrected chi connectivity index (χ3v) is 10.1. The molecule has 0 N–H and O–H groups in total. The largest absolute Gasteiger partial charge is 0.420 e. The van der Waals surface area contributed by atoms with Gasteiger partial charge in [-0.1, -0.05) is 194 Å². The molecule has 1 atom stereocenters. The second-order valence-corrected chi connectivity index (χ2v) is 13.2. The first-order chi connectivity index (χ1) is 19.2. The molecule has 0 bridgehead atoms. The Morgan fingerprint density at radius 3 is 1.00 bits per heavy atom. The Kier molecular flexibility index (Phi) is 31.2. The highest BCUT2D eigenvalue weighted by atomic mass is 28.2. The lowest BCUT2D eigenvalue weighted by molar-refractivity contribution is -0.0887. The summed E-state index contributed by atoms with van der Waals surface area (Å²) in [5, 5.41) is 0. The number of unbranched alkanes of at least 4 members (excludes halogenated alkanes) is 24. The second kappa shape index (κ2) is 31.1. The second-order valence-electron chi connectivity index (χ2n) is 12.8. The number of hydrogen-bond donors (Lipinski definition) is 0. The molecule has 0 aliphatic rings. The fourth-order valence-corrected chi connectivity index (χ4v) is 7.16. The average Bonchev–Trinajstić information content (AvgIpc) is 2.95. The first-order valence-corrected chi connectivity index (χ1v) is 19.1. The molecule has 1 unspecified atom stereocenters. The normalized spacial score (nSPS) is 12.9. The van der Waals surface area contributed by atoms with Gasteiger partial charge in [0.2, 0.25) is 0 Å². The van der Waals surface area contributed by atoms with Crippen molar-refractivity contribution in [3.63, 3.8) is 0 Å². The van der Waals surface area contributed by atoms with Crippen molar-refractivity contribution in [2.24, 2.45) is 0 Å². The van der Waals surface area contributed by atoms with Crippen LogP contribution in [0.4, 0.5) is 0 Å². The highest BCUT2D eigenvalue weighted by Gasteiger charge is 2.37. The van der Waals surface area contributed by atoms with Crippen molar-refractivity contribution < 1.29 is 9.16 Å². The Hall–Kier alpha value is 0.137. The lowest BCUT2D eigenvalue weighted by atomic mass is 9.82. The molecule has 0 aromatic rings. The van der Waals surface area contributed by atoms with Gasteiger partial charge in [-0.05, 0) is 19.3 Å². The zero-order valence-electron chi connectivity index (χ0n) is 28.1. The van der Waals surface area contributed by atoms with Gasteiger partial charge in [0.05, 0.1) is 11.7 Å². The van der Waals surface area contributed by atoms with Crippen LogP contribution in [0, 0.1) is 0 Å². The molecule has 0 aliphatic carbocycles. The summed E-state index contributed by atoms with van der Waals surface area (Å²) < 4.78 is 12.8. The molecule has 0 aliphatic heterocycles. The maximum atomic E-state index is 6.58. The van der Waals surface area contributed by atoms with Crippen LogP contribution >= 0.6 is 0 Å². The van der Waals surface area contributed by atoms with Crippen molar-refractivity contribution in [1.82, 2.24) is 0 Å². The molecule has 0 saturated heterocycles. The standard InChI is InChI=1S/C36H76O2Si/c1-5-8-11-14-17-20-23-26-29-32-35(37-4)36(38-39,33-30-27-24-21-18-15-12-9-6-2)34-31-28-25-22-19-16-13-10-7-3/h35H,5-34H2,1-4,39H3. The van der Waals surface area contributed by atoms with Crippen LogP contribution in [0.1, 0.15) is 213 Å². The van der Waals surface area contributed by atoms with Crippen molar-refractivity contribution in [2.45, 2.75) is 225 Å². The molecule has 0 spiro atoms. The Balaban J connectivity index is 4.57. The van der Waals surface area contributed by atoms with Gasteiger partial charge in [0.1, 0.15) is 10.5 Å². The maximum Gasteiger partial charge on any atom is 0.146 e. The Morgan fingerprint density at radius 2 is 0.718 bits per heavy atom. The summed E-state index contributed by atoms with van der Waals surface area (Å²) in [7, 11) is 2.78. The van der Waals surface area contributed by atoms with Crippen molar-refractivity contribution in [3.05, 3.63) is 0 Å². The number of methoxy groups -OCH3 is 1. The quantitative estimate of drug-likeness (QED) is 0.0579. The van der Waals surface area contributed by atoms with Gasteiger partial charge in [-0.15, -0.1) is 0 Å². The number of ether oxygens (including phenoxy) is 1. The van der Waals surface area contributed by atoms with Crippen LogP contribution in [0.25, 0.3) is 0 Å². The summed E-state index contributed by atoms with van der Waals surface area (Å²) in [5.41, 5.74) is -0.0244. The monoisotopic (exact) mass is 569 g/mol. The summed E-state index contributed by atoms with van der Waals surface area (Å²) in [4.78, 5) is 0. The van der Waals surface area contributed by atoms with Gasteiger partial charge in [0.25, 0.3) is 0 Å². The van der Waals surface area contributed by atoms with Crippen molar-refractivity contribution >= 4 is 10.5 Å². The minimum Gasteiger partial charge on any atom is -0.420 e. The fourth-order valence-electron chi connectivity index (χ4n) is 6.49. The summed E-state index contributed by atoms with van der Waals surface area (Å²) in [6.45, 7) is 6.92. The van der Waals surface area contributed by atoms with Crippen molar-refractivity contribution in [3.8, 4) is 0 Å². The summed E-state index contributed by atoms with van der Waals surface area (Å²) >= 11 is 0. The molecule has 39 heavy (non-hydrogen) atoms. The minimum atomic E-state index is -0.0244. The molecule has 0 aromatic carbocycles. The highest BCUT2D eigenvalue weighted by Crippen LogP contribution is 2.34. The SMILES string of the molecule is CCCCCCCCCCCC(OC)C(CCCCCCCCCCC)(CCCCCCCCCCC)O[SiH3]. The predicted octanol–water partition coefficient (Wildman–Crippen LogP) is 11.8. The fraction of sp³-hybridized carbons (Fsp3) is 1.00. The molecule has 0 amide bonds. The minimum absolute atomic E-state index is 0.0244. The van der Waals surface area contributed by atoms with Gasteiger partial charge in [-0.25, -0.2) is 0 Å². The topological polar surface area (TPSA) is 18.5 Å². The van der Waals surface area contributed by atoms with E-state index in [1.807, 2.05) is 7.11 Å². The van der Waals surface area contributed by atoms with E-state index in [0.717, 1.165) is 10.5 Å². The molecule has 0 radical (unpaired) electrons. The van der Waals surface area contributed by atoms with E-state index >= 15 is 0 Å². The van der Waals surface area contributed by atoms with Gasteiger partial charge in [0, 0.05) is 7.11 Å². The lowest BCUT2D eigenvalue weighted by Gasteiger charge is -2.40. The Morgan fingerprint density at radius 1 is 0.436 bits per heavy atom. The maximum absolute atomic E-state index is 6.58. The summed E-state index contributed by atoms with van der Waals surface area (Å²) in [6.07, 6.45) is 41.5. The highest BCUT2D eigenvalue weighted by molar-refractivity contribution is 5.98. The number of rotatable bonds is 33. The van der Waals surface area contributed by atoms with E-state index in [1.54, 1.807) is 0 Å². The Labute approximate surface area is 251 Å². The molecular formula is C36H76O2Si. The van der Waals surface area contributed by atoms with Crippen LogP contribution < -0.4 is 0 Å². The van der Waals surface area contributed by atoms with Gasteiger partial charge < -0.3 is 9.16 Å². The van der Waals surface area contributed by atoms with Crippen LogP contribution in [0.5, 0.6) is 0 Å². The van der Waals surface area contributed by atoms with E-state index in [0.29, 0.717) is 0 Å². The molecule has 3 heteroatoms. The van der Waals surface area contributed by atoms with Crippen molar-refractivity contribution in [1.29, 1.82) is 0 Å². The molecule has 236 valence electrons. The summed E-state index contributed by atoms with van der Waals surface area (Å²) in [5.74, 6) is 0. The average molecular weight is 569 g/mol. The summed E-state index contributed by atoms with van der Waals surface area (Å²) in [6, 6.07) is 0. The van der Waals surface area contributed by atoms with Crippen molar-refractivity contribution in [2.75, 3.05) is 7.11 Å². The molecule has 0 aromatic heterocycles. The van der Waals surface area contributed by atoms with Crippen LogP contribution in [0.15, 0.2) is 0 Å². The molecule has 0 fully saturated rings. The zero-order valence-corrected chi connectivity index (χ0v) is 30.1. The zero-order chi connectivity index (χ0) is 28.7. The first-order valence-electron chi connectivity index (χ1n) is 18.3. The Bertz CT molecular complexity index is 433. The molecule has 0 rings (SSSR count). The van der Waals surface area contributed by atoms with Gasteiger partial charge in [-0.2, -0.15) is 0 Å². The first kappa shape index (κ1) is 39.1. The van der Waals surface area contributed by atoms with E-state index in [9.17, 15) is 0 Å². The predicted molar refractivity (Wildman–Crippen MR) is 180 cm³/mol. The van der Waals surface area contributed by atoms with E-state index in [4.69, 9.17) is 9.16 Å². The smallest absolute Gasteiger partial charge is 0.146 e. The van der Waals surface area contributed by atoms with Crippen LogP contribution in [-0.4, -0.2) is 29.3 Å². The van der Waals surface area contributed by atoms with E-state index in [1.165, 1.54) is 193 Å². The lowest BCUT2D eigenvalue weighted by Crippen LogP contribution is -2.46. The van der Waals surface area contributed by atoms with Crippen LogP contribution in [-0.2, 0) is 9.16 Å². The van der Waals surface area contributed by atoms with Crippen LogP contribution in [0.3, 0.4) is 0 Å². The number of hydrogen-bond acceptors (Lipinski definition) is 2. The van der Waals surface area contributed by atoms with E-state index in [2.05, 4.69) is 20.8 Å². The van der Waals surface area contributed by atoms with E-state index < -0.39 is 0 Å². The molecule has 2 nitrogen and oxygen atoms in total. The third kappa shape index (κ3) is 23.4. The third-order valence-electron chi connectivity index (χ3n) is 9.25.